The zero-order valence-corrected chi connectivity index (χ0v) is 20.0. The summed E-state index contributed by atoms with van der Waals surface area (Å²) in [5.41, 5.74) is -0.0240. The zero-order valence-electron chi connectivity index (χ0n) is 17.7. The lowest BCUT2D eigenvalue weighted by atomic mass is 9.94. The first-order valence-electron chi connectivity index (χ1n) is 10.2. The molecule has 0 amide bonds. The van der Waals surface area contributed by atoms with Gasteiger partial charge in [0.25, 0.3) is 0 Å². The van der Waals surface area contributed by atoms with Crippen LogP contribution in [0.1, 0.15) is 51.7 Å². The molecular formula is C20H36IN5O2. The molecule has 1 aromatic heterocycles. The molecule has 0 saturated carbocycles. The first kappa shape index (κ1) is 23.4. The predicted molar refractivity (Wildman–Crippen MR) is 122 cm³/mol. The van der Waals surface area contributed by atoms with Gasteiger partial charge in [-0.05, 0) is 25.2 Å². The summed E-state index contributed by atoms with van der Waals surface area (Å²) in [5.74, 6) is 3.13. The van der Waals surface area contributed by atoms with Crippen molar-refractivity contribution in [1.29, 1.82) is 0 Å². The summed E-state index contributed by atoms with van der Waals surface area (Å²) in [5, 5.41) is 6.87. The number of aliphatic imine (C=N–C) groups is 1. The highest BCUT2D eigenvalue weighted by molar-refractivity contribution is 14.0. The zero-order chi connectivity index (χ0) is 19.3. The quantitative estimate of drug-likeness (QED) is 0.364. The van der Waals surface area contributed by atoms with Gasteiger partial charge in [0.15, 0.2) is 5.96 Å². The normalized spacial score (nSPS) is 22.1. The summed E-state index contributed by atoms with van der Waals surface area (Å²) in [7, 11) is 1.81. The molecule has 0 radical (unpaired) electrons. The Morgan fingerprint density at radius 1 is 1.29 bits per heavy atom. The van der Waals surface area contributed by atoms with Gasteiger partial charge in [-0.3, -0.25) is 4.99 Å². The van der Waals surface area contributed by atoms with E-state index in [-0.39, 0.29) is 29.4 Å². The van der Waals surface area contributed by atoms with Gasteiger partial charge in [-0.15, -0.1) is 24.0 Å². The molecule has 160 valence electrons. The van der Waals surface area contributed by atoms with Gasteiger partial charge in [0.05, 0.1) is 19.3 Å². The molecular weight excluding hydrogens is 469 g/mol. The number of nitrogens with one attached hydrogen (secondary N) is 2. The third-order valence-corrected chi connectivity index (χ3v) is 5.39. The van der Waals surface area contributed by atoms with Crippen LogP contribution in [0.3, 0.4) is 0 Å². The summed E-state index contributed by atoms with van der Waals surface area (Å²) in [4.78, 5) is 11.3. The lowest BCUT2D eigenvalue weighted by molar-refractivity contribution is 0.150. The summed E-state index contributed by atoms with van der Waals surface area (Å²) in [6.07, 6.45) is 5.31. The van der Waals surface area contributed by atoms with E-state index in [1.807, 2.05) is 6.20 Å². The van der Waals surface area contributed by atoms with Crippen molar-refractivity contribution < 1.29 is 9.15 Å². The van der Waals surface area contributed by atoms with Crippen LogP contribution >= 0.6 is 24.0 Å². The number of piperidine rings is 1. The Morgan fingerprint density at radius 2 is 2.04 bits per heavy atom. The standard InChI is InChI=1S/C20H35N5O2.HI/c1-20(2,3)17-11-22-18(27-17)12-23-19(21-4)24-16-5-8-25(9-6-16)13-15-7-10-26-14-15;/h11,15-16H,5-10,12-14H2,1-4H3,(H2,21,23,24);1H. The second-order valence-corrected chi connectivity index (χ2v) is 8.74. The van der Waals surface area contributed by atoms with E-state index in [1.165, 1.54) is 13.0 Å². The van der Waals surface area contributed by atoms with Crippen molar-refractivity contribution in [3.63, 3.8) is 0 Å². The summed E-state index contributed by atoms with van der Waals surface area (Å²) < 4.78 is 11.3. The van der Waals surface area contributed by atoms with Crippen LogP contribution in [0.15, 0.2) is 15.6 Å². The van der Waals surface area contributed by atoms with Crippen molar-refractivity contribution in [1.82, 2.24) is 20.5 Å². The minimum Gasteiger partial charge on any atom is -0.443 e. The van der Waals surface area contributed by atoms with E-state index in [9.17, 15) is 0 Å². The molecule has 2 saturated heterocycles. The van der Waals surface area contributed by atoms with Crippen molar-refractivity contribution >= 4 is 29.9 Å². The average molecular weight is 505 g/mol. The molecule has 28 heavy (non-hydrogen) atoms. The van der Waals surface area contributed by atoms with Gasteiger partial charge in [-0.1, -0.05) is 20.8 Å². The first-order chi connectivity index (χ1) is 12.9. The molecule has 2 aliphatic heterocycles. The summed E-state index contributed by atoms with van der Waals surface area (Å²) in [6, 6.07) is 0.460. The van der Waals surface area contributed by atoms with Gasteiger partial charge in [0.2, 0.25) is 5.89 Å². The highest BCUT2D eigenvalue weighted by atomic mass is 127. The van der Waals surface area contributed by atoms with Crippen molar-refractivity contribution in [3.8, 4) is 0 Å². The maximum Gasteiger partial charge on any atom is 0.213 e. The summed E-state index contributed by atoms with van der Waals surface area (Å²) >= 11 is 0. The Labute approximate surface area is 186 Å². The highest BCUT2D eigenvalue weighted by Crippen LogP contribution is 2.22. The highest BCUT2D eigenvalue weighted by Gasteiger charge is 2.24. The largest absolute Gasteiger partial charge is 0.443 e. The number of aromatic nitrogens is 1. The van der Waals surface area contributed by atoms with Gasteiger partial charge in [-0.2, -0.15) is 0 Å². The molecule has 2 fully saturated rings. The molecule has 0 bridgehead atoms. The van der Waals surface area contributed by atoms with Crippen LogP contribution in [0.2, 0.25) is 0 Å². The van der Waals surface area contributed by atoms with Crippen molar-refractivity contribution in [2.24, 2.45) is 10.9 Å². The van der Waals surface area contributed by atoms with Crippen LogP contribution in [-0.4, -0.2) is 61.8 Å². The summed E-state index contributed by atoms with van der Waals surface area (Å²) in [6.45, 7) is 12.2. The number of nitrogens with zero attached hydrogens (tertiary/aromatic N) is 3. The molecule has 0 spiro atoms. The monoisotopic (exact) mass is 505 g/mol. The Morgan fingerprint density at radius 3 is 2.61 bits per heavy atom. The van der Waals surface area contributed by atoms with Gasteiger partial charge in [-0.25, -0.2) is 4.98 Å². The molecule has 2 aliphatic rings. The number of oxazole rings is 1. The molecule has 0 aliphatic carbocycles. The number of hydrogen-bond acceptors (Lipinski definition) is 5. The molecule has 3 rings (SSSR count). The number of hydrogen-bond donors (Lipinski definition) is 2. The lowest BCUT2D eigenvalue weighted by Crippen LogP contribution is -2.49. The van der Waals surface area contributed by atoms with Crippen LogP contribution in [0.4, 0.5) is 0 Å². The van der Waals surface area contributed by atoms with Crippen LogP contribution in [0, 0.1) is 5.92 Å². The Balaban J connectivity index is 0.00000280. The number of halogens is 1. The van der Waals surface area contributed by atoms with Crippen molar-refractivity contribution in [2.75, 3.05) is 39.9 Å². The second kappa shape index (κ2) is 10.8. The van der Waals surface area contributed by atoms with Crippen LogP contribution < -0.4 is 10.6 Å². The number of likely N-dealkylation sites (tertiary alicyclic amines) is 1. The number of ether oxygens (including phenoxy) is 1. The maximum atomic E-state index is 5.84. The topological polar surface area (TPSA) is 74.9 Å². The maximum absolute atomic E-state index is 5.84. The van der Waals surface area contributed by atoms with E-state index in [1.54, 1.807) is 7.05 Å². The van der Waals surface area contributed by atoms with Crippen molar-refractivity contribution in [3.05, 3.63) is 17.8 Å². The van der Waals surface area contributed by atoms with Crippen LogP contribution in [0.5, 0.6) is 0 Å². The van der Waals surface area contributed by atoms with E-state index in [2.05, 4.69) is 46.3 Å². The molecule has 8 heteroatoms. The van der Waals surface area contributed by atoms with Gasteiger partial charge >= 0.3 is 0 Å². The third kappa shape index (κ3) is 6.88. The molecule has 2 N–H and O–H groups in total. The van der Waals surface area contributed by atoms with E-state index < -0.39 is 0 Å². The molecule has 1 unspecified atom stereocenters. The van der Waals surface area contributed by atoms with E-state index in [0.717, 1.165) is 56.8 Å². The predicted octanol–water partition coefficient (Wildman–Crippen LogP) is 2.76. The average Bonchev–Trinajstić information content (AvgIpc) is 3.31. The lowest BCUT2D eigenvalue weighted by Gasteiger charge is -2.34. The van der Waals surface area contributed by atoms with Crippen molar-refractivity contribution in [2.45, 2.75) is 58.0 Å². The number of rotatable bonds is 5. The fourth-order valence-corrected chi connectivity index (χ4v) is 3.64. The van der Waals surface area contributed by atoms with E-state index >= 15 is 0 Å². The van der Waals surface area contributed by atoms with E-state index in [0.29, 0.717) is 18.5 Å². The van der Waals surface area contributed by atoms with Gasteiger partial charge in [0.1, 0.15) is 5.76 Å². The Hall–Kier alpha value is -0.870. The van der Waals surface area contributed by atoms with Crippen LogP contribution in [-0.2, 0) is 16.7 Å². The SMILES string of the molecule is CN=C(NCc1ncc(C(C)(C)C)o1)NC1CCN(CC2CCOC2)CC1.I. The molecule has 3 heterocycles. The first-order valence-corrected chi connectivity index (χ1v) is 10.2. The molecule has 1 atom stereocenters. The third-order valence-electron chi connectivity index (χ3n) is 5.39. The Kier molecular flexibility index (Phi) is 9.01. The molecule has 7 nitrogen and oxygen atoms in total. The molecule has 0 aromatic carbocycles. The molecule has 1 aromatic rings. The second-order valence-electron chi connectivity index (χ2n) is 8.74. The van der Waals surface area contributed by atoms with Gasteiger partial charge < -0.3 is 24.7 Å². The van der Waals surface area contributed by atoms with Gasteiger partial charge in [0, 0.05) is 44.7 Å². The fourth-order valence-electron chi connectivity index (χ4n) is 3.64. The minimum absolute atomic E-state index is 0. The smallest absolute Gasteiger partial charge is 0.213 e. The fraction of sp³-hybridized carbons (Fsp3) is 0.800. The van der Waals surface area contributed by atoms with Crippen LogP contribution in [0.25, 0.3) is 0 Å². The Bertz CT molecular complexity index is 614. The number of guanidine groups is 1. The van der Waals surface area contributed by atoms with E-state index in [4.69, 9.17) is 9.15 Å². The minimum atomic E-state index is -0.0240.